The van der Waals surface area contributed by atoms with Gasteiger partial charge in [-0.15, -0.1) is 0 Å². The molecule has 0 saturated heterocycles. The molecule has 1 aromatic carbocycles. The van der Waals surface area contributed by atoms with Crippen molar-refractivity contribution in [1.82, 2.24) is 5.32 Å². The van der Waals surface area contributed by atoms with Crippen molar-refractivity contribution in [3.63, 3.8) is 0 Å². The second kappa shape index (κ2) is 4.38. The summed E-state index contributed by atoms with van der Waals surface area (Å²) in [5, 5.41) is 3.97. The Labute approximate surface area is 111 Å². The summed E-state index contributed by atoms with van der Waals surface area (Å²) in [6.07, 6.45) is 5.36. The molecule has 1 N–H and O–H groups in total. The van der Waals surface area contributed by atoms with E-state index >= 15 is 0 Å². The highest BCUT2D eigenvalue weighted by Crippen LogP contribution is 2.46. The lowest BCUT2D eigenvalue weighted by Gasteiger charge is -2.33. The molecule has 0 radical (unpaired) electrons. The van der Waals surface area contributed by atoms with Crippen LogP contribution in [0.25, 0.3) is 0 Å². The van der Waals surface area contributed by atoms with Crippen LogP contribution >= 0.6 is 0 Å². The summed E-state index contributed by atoms with van der Waals surface area (Å²) in [5.74, 6) is 0.841. The summed E-state index contributed by atoms with van der Waals surface area (Å²) < 4.78 is 0. The third-order valence-corrected chi connectivity index (χ3v) is 5.04. The predicted molar refractivity (Wildman–Crippen MR) is 76.6 cm³/mol. The molecule has 18 heavy (non-hydrogen) atoms. The smallest absolute Gasteiger partial charge is 0.0380 e. The van der Waals surface area contributed by atoms with Gasteiger partial charge in [-0.3, -0.25) is 0 Å². The lowest BCUT2D eigenvalue weighted by molar-refractivity contribution is 0.233. The van der Waals surface area contributed by atoms with Gasteiger partial charge in [0.15, 0.2) is 0 Å². The molecular weight excluding hydrogens is 218 g/mol. The van der Waals surface area contributed by atoms with Crippen molar-refractivity contribution < 1.29 is 0 Å². The van der Waals surface area contributed by atoms with Gasteiger partial charge in [0.05, 0.1) is 0 Å². The molecule has 0 amide bonds. The number of hydrogen-bond donors (Lipinski definition) is 1. The van der Waals surface area contributed by atoms with E-state index in [1.807, 2.05) is 0 Å². The summed E-state index contributed by atoms with van der Waals surface area (Å²) >= 11 is 0. The summed E-state index contributed by atoms with van der Waals surface area (Å²) in [4.78, 5) is 0. The van der Waals surface area contributed by atoms with Crippen LogP contribution in [0, 0.1) is 11.3 Å². The Morgan fingerprint density at radius 2 is 1.94 bits per heavy atom. The number of rotatable bonds is 2. The van der Waals surface area contributed by atoms with Gasteiger partial charge in [-0.1, -0.05) is 51.5 Å². The average molecular weight is 243 g/mol. The van der Waals surface area contributed by atoms with Gasteiger partial charge in [0, 0.05) is 12.1 Å². The molecule has 1 nitrogen and oxygen atoms in total. The Morgan fingerprint density at radius 1 is 1.17 bits per heavy atom. The van der Waals surface area contributed by atoms with Crippen LogP contribution in [0.15, 0.2) is 24.3 Å². The van der Waals surface area contributed by atoms with E-state index in [-0.39, 0.29) is 0 Å². The van der Waals surface area contributed by atoms with Crippen molar-refractivity contribution >= 4 is 0 Å². The first-order chi connectivity index (χ1) is 8.58. The SMILES string of the molecule is CC1CCCC1NC1c2ccccc2CC1(C)C. The van der Waals surface area contributed by atoms with E-state index in [1.54, 1.807) is 11.1 Å². The summed E-state index contributed by atoms with van der Waals surface area (Å²) in [5.41, 5.74) is 3.44. The average Bonchev–Trinajstić information content (AvgIpc) is 2.82. The summed E-state index contributed by atoms with van der Waals surface area (Å²) in [7, 11) is 0. The fourth-order valence-electron chi connectivity index (χ4n) is 3.91. The lowest BCUT2D eigenvalue weighted by Crippen LogP contribution is -2.39. The van der Waals surface area contributed by atoms with Crippen molar-refractivity contribution in [1.29, 1.82) is 0 Å². The van der Waals surface area contributed by atoms with E-state index in [0.29, 0.717) is 11.5 Å². The van der Waals surface area contributed by atoms with Crippen molar-refractivity contribution in [3.8, 4) is 0 Å². The first kappa shape index (κ1) is 12.2. The van der Waals surface area contributed by atoms with Gasteiger partial charge in [0.2, 0.25) is 0 Å². The Bertz CT molecular complexity index is 435. The Kier molecular flexibility index (Phi) is 2.97. The molecule has 0 aromatic heterocycles. The quantitative estimate of drug-likeness (QED) is 0.825. The maximum absolute atomic E-state index is 3.97. The monoisotopic (exact) mass is 243 g/mol. The fourth-order valence-corrected chi connectivity index (χ4v) is 3.91. The number of hydrogen-bond acceptors (Lipinski definition) is 1. The molecule has 1 aromatic rings. The minimum atomic E-state index is 0.353. The molecule has 2 aliphatic rings. The van der Waals surface area contributed by atoms with Gasteiger partial charge in [-0.05, 0) is 41.7 Å². The first-order valence-electron chi connectivity index (χ1n) is 7.42. The molecule has 3 rings (SSSR count). The van der Waals surface area contributed by atoms with Crippen molar-refractivity contribution in [2.24, 2.45) is 11.3 Å². The van der Waals surface area contributed by atoms with E-state index in [2.05, 4.69) is 50.4 Å². The second-order valence-electron chi connectivity index (χ2n) is 6.98. The molecule has 98 valence electrons. The maximum Gasteiger partial charge on any atom is 0.0380 e. The molecule has 0 spiro atoms. The summed E-state index contributed by atoms with van der Waals surface area (Å²) in [6.45, 7) is 7.22. The van der Waals surface area contributed by atoms with Crippen LogP contribution in [0.4, 0.5) is 0 Å². The standard InChI is InChI=1S/C17H25N/c1-12-7-6-10-15(12)18-16-14-9-5-4-8-13(14)11-17(16,2)3/h4-5,8-9,12,15-16,18H,6-7,10-11H2,1-3H3. The van der Waals surface area contributed by atoms with Crippen LogP contribution in [0.2, 0.25) is 0 Å². The molecule has 1 saturated carbocycles. The molecule has 3 atom stereocenters. The highest BCUT2D eigenvalue weighted by Gasteiger charge is 2.40. The van der Waals surface area contributed by atoms with E-state index in [4.69, 9.17) is 0 Å². The Balaban J connectivity index is 1.85. The second-order valence-corrected chi connectivity index (χ2v) is 6.98. The number of nitrogens with one attached hydrogen (secondary N) is 1. The fraction of sp³-hybridized carbons (Fsp3) is 0.647. The predicted octanol–water partition coefficient (Wildman–Crippen LogP) is 4.09. The first-order valence-corrected chi connectivity index (χ1v) is 7.42. The number of fused-ring (bicyclic) bond motifs is 1. The topological polar surface area (TPSA) is 12.0 Å². The maximum atomic E-state index is 3.97. The zero-order chi connectivity index (χ0) is 12.8. The molecular formula is C17H25N. The van der Waals surface area contributed by atoms with Crippen LogP contribution in [-0.4, -0.2) is 6.04 Å². The van der Waals surface area contributed by atoms with Crippen LogP contribution < -0.4 is 5.32 Å². The normalized spacial score (nSPS) is 33.6. The number of benzene rings is 1. The molecule has 3 unspecified atom stereocenters. The minimum Gasteiger partial charge on any atom is -0.306 e. The highest BCUT2D eigenvalue weighted by molar-refractivity contribution is 5.37. The molecule has 0 heterocycles. The van der Waals surface area contributed by atoms with E-state index < -0.39 is 0 Å². The van der Waals surface area contributed by atoms with E-state index in [9.17, 15) is 0 Å². The van der Waals surface area contributed by atoms with Gasteiger partial charge in [0.1, 0.15) is 0 Å². The highest BCUT2D eigenvalue weighted by atomic mass is 15.0. The van der Waals surface area contributed by atoms with Crippen LogP contribution in [0.1, 0.15) is 57.2 Å². The largest absolute Gasteiger partial charge is 0.306 e. The van der Waals surface area contributed by atoms with Gasteiger partial charge < -0.3 is 5.32 Å². The minimum absolute atomic E-state index is 0.353. The van der Waals surface area contributed by atoms with Crippen LogP contribution in [-0.2, 0) is 6.42 Å². The molecule has 1 fully saturated rings. The van der Waals surface area contributed by atoms with Gasteiger partial charge in [-0.2, -0.15) is 0 Å². The molecule has 0 bridgehead atoms. The third-order valence-electron chi connectivity index (χ3n) is 5.04. The van der Waals surface area contributed by atoms with Crippen LogP contribution in [0.5, 0.6) is 0 Å². The zero-order valence-electron chi connectivity index (χ0n) is 11.9. The van der Waals surface area contributed by atoms with Crippen molar-refractivity contribution in [3.05, 3.63) is 35.4 Å². The van der Waals surface area contributed by atoms with Crippen molar-refractivity contribution in [2.45, 2.75) is 58.5 Å². The zero-order valence-corrected chi connectivity index (χ0v) is 11.9. The van der Waals surface area contributed by atoms with Gasteiger partial charge in [0.25, 0.3) is 0 Å². The van der Waals surface area contributed by atoms with Gasteiger partial charge in [-0.25, -0.2) is 0 Å². The Hall–Kier alpha value is -0.820. The lowest BCUT2D eigenvalue weighted by atomic mass is 9.84. The van der Waals surface area contributed by atoms with Gasteiger partial charge >= 0.3 is 0 Å². The third kappa shape index (κ3) is 1.99. The Morgan fingerprint density at radius 3 is 2.67 bits per heavy atom. The van der Waals surface area contributed by atoms with Crippen molar-refractivity contribution in [2.75, 3.05) is 0 Å². The van der Waals surface area contributed by atoms with E-state index in [0.717, 1.165) is 12.0 Å². The van der Waals surface area contributed by atoms with Crippen LogP contribution in [0.3, 0.4) is 0 Å². The molecule has 0 aliphatic heterocycles. The summed E-state index contributed by atoms with van der Waals surface area (Å²) in [6, 6.07) is 10.3. The molecule has 2 aliphatic carbocycles. The van der Waals surface area contributed by atoms with E-state index in [1.165, 1.54) is 25.7 Å². The molecule has 1 heteroatoms.